The third kappa shape index (κ3) is 1.52. The molecule has 0 radical (unpaired) electrons. The summed E-state index contributed by atoms with van der Waals surface area (Å²) in [5.74, 6) is 0.383. The van der Waals surface area contributed by atoms with E-state index in [-0.39, 0.29) is 0 Å². The highest BCUT2D eigenvalue weighted by molar-refractivity contribution is 6.25. The second-order valence-corrected chi connectivity index (χ2v) is 5.99. The normalized spacial score (nSPS) is 12.0. The van der Waals surface area contributed by atoms with Gasteiger partial charge in [-0.25, -0.2) is 0 Å². The Morgan fingerprint density at radius 1 is 0.762 bits per heavy atom. The fourth-order valence-electron chi connectivity index (χ4n) is 3.70. The van der Waals surface area contributed by atoms with Crippen LogP contribution in [-0.2, 0) is 6.42 Å². The van der Waals surface area contributed by atoms with Gasteiger partial charge in [0.25, 0.3) is 0 Å². The molecule has 4 aromatic carbocycles. The summed E-state index contributed by atoms with van der Waals surface area (Å²) in [5, 5.41) is 17.7. The minimum absolute atomic E-state index is 0.383. The molecule has 4 aromatic rings. The number of aromatic hydroxyl groups is 1. The number of rotatable bonds is 1. The van der Waals surface area contributed by atoms with Crippen molar-refractivity contribution < 1.29 is 5.11 Å². The third-order valence-corrected chi connectivity index (χ3v) is 4.76. The molecule has 104 valence electrons. The Labute approximate surface area is 124 Å². The Hall–Kier alpha value is -2.28. The Kier molecular flexibility index (Phi) is 2.44. The van der Waals surface area contributed by atoms with Gasteiger partial charge in [-0.05, 0) is 70.6 Å². The number of hydrogen-bond donors (Lipinski definition) is 1. The molecule has 0 atom stereocenters. The summed E-state index contributed by atoms with van der Waals surface area (Å²) >= 11 is 0. The highest BCUT2D eigenvalue weighted by Gasteiger charge is 2.15. The van der Waals surface area contributed by atoms with Gasteiger partial charge >= 0.3 is 0 Å². The summed E-state index contributed by atoms with van der Waals surface area (Å²) in [5.41, 5.74) is 3.83. The molecule has 0 heterocycles. The first-order chi connectivity index (χ1) is 10.1. The second-order valence-electron chi connectivity index (χ2n) is 5.99. The average Bonchev–Trinajstić information content (AvgIpc) is 2.48. The predicted molar refractivity (Wildman–Crippen MR) is 90.7 cm³/mol. The molecule has 0 saturated heterocycles. The van der Waals surface area contributed by atoms with E-state index in [1.54, 1.807) is 0 Å². The van der Waals surface area contributed by atoms with Crippen LogP contribution in [-0.4, -0.2) is 5.11 Å². The largest absolute Gasteiger partial charge is 0.507 e. The molecular weight excluding hydrogens is 256 g/mol. The second kappa shape index (κ2) is 4.11. The van der Waals surface area contributed by atoms with Crippen LogP contribution in [0, 0.1) is 13.8 Å². The van der Waals surface area contributed by atoms with Crippen LogP contribution in [0.5, 0.6) is 5.75 Å². The molecule has 0 unspecified atom stereocenters. The lowest BCUT2D eigenvalue weighted by molar-refractivity contribution is 0.481. The van der Waals surface area contributed by atoms with Crippen LogP contribution in [0.1, 0.15) is 23.6 Å². The Bertz CT molecular complexity index is 974. The van der Waals surface area contributed by atoms with Gasteiger partial charge in [0.1, 0.15) is 5.75 Å². The van der Waals surface area contributed by atoms with E-state index in [0.717, 1.165) is 17.4 Å². The monoisotopic (exact) mass is 274 g/mol. The zero-order valence-electron chi connectivity index (χ0n) is 12.6. The van der Waals surface area contributed by atoms with Crippen molar-refractivity contribution in [1.29, 1.82) is 0 Å². The zero-order chi connectivity index (χ0) is 14.7. The van der Waals surface area contributed by atoms with Gasteiger partial charge in [-0.1, -0.05) is 31.2 Å². The quantitative estimate of drug-likeness (QED) is 0.456. The molecule has 0 bridgehead atoms. The van der Waals surface area contributed by atoms with E-state index in [9.17, 15) is 5.11 Å². The van der Waals surface area contributed by atoms with Crippen molar-refractivity contribution in [3.63, 3.8) is 0 Å². The molecule has 0 amide bonds. The van der Waals surface area contributed by atoms with Gasteiger partial charge in [0.05, 0.1) is 0 Å². The maximum Gasteiger partial charge on any atom is 0.123 e. The van der Waals surface area contributed by atoms with Crippen molar-refractivity contribution in [2.45, 2.75) is 27.2 Å². The average molecular weight is 274 g/mol. The van der Waals surface area contributed by atoms with Crippen molar-refractivity contribution in [3.8, 4) is 5.75 Å². The minimum atomic E-state index is 0.383. The molecule has 0 saturated carbocycles. The molecule has 0 fully saturated rings. The van der Waals surface area contributed by atoms with Crippen LogP contribution in [0.2, 0.25) is 0 Å². The summed E-state index contributed by atoms with van der Waals surface area (Å²) in [6, 6.07) is 12.8. The Balaban J connectivity index is 2.42. The van der Waals surface area contributed by atoms with Gasteiger partial charge in [-0.2, -0.15) is 0 Å². The maximum absolute atomic E-state index is 10.3. The van der Waals surface area contributed by atoms with Crippen molar-refractivity contribution >= 4 is 32.3 Å². The molecule has 0 aliphatic carbocycles. The number of hydrogen-bond acceptors (Lipinski definition) is 1. The summed E-state index contributed by atoms with van der Waals surface area (Å²) in [7, 11) is 0. The van der Waals surface area contributed by atoms with Crippen LogP contribution in [0.3, 0.4) is 0 Å². The van der Waals surface area contributed by atoms with E-state index < -0.39 is 0 Å². The molecule has 0 aliphatic heterocycles. The van der Waals surface area contributed by atoms with Gasteiger partial charge in [0.2, 0.25) is 0 Å². The zero-order valence-corrected chi connectivity index (χ0v) is 12.6. The lowest BCUT2D eigenvalue weighted by atomic mass is 9.87. The topological polar surface area (TPSA) is 20.2 Å². The van der Waals surface area contributed by atoms with Gasteiger partial charge in [-0.3, -0.25) is 0 Å². The summed E-state index contributed by atoms with van der Waals surface area (Å²) in [6.07, 6.45) is 1.03. The highest BCUT2D eigenvalue weighted by atomic mass is 16.3. The van der Waals surface area contributed by atoms with Gasteiger partial charge < -0.3 is 5.11 Å². The lowest BCUT2D eigenvalue weighted by Crippen LogP contribution is -1.92. The first-order valence-electron chi connectivity index (χ1n) is 7.51. The van der Waals surface area contributed by atoms with E-state index in [1.165, 1.54) is 38.1 Å². The fraction of sp³-hybridized carbons (Fsp3) is 0.200. The molecule has 1 heteroatoms. The first-order valence-corrected chi connectivity index (χ1v) is 7.51. The molecule has 0 aromatic heterocycles. The minimum Gasteiger partial charge on any atom is -0.507 e. The Morgan fingerprint density at radius 3 is 1.95 bits per heavy atom. The first kappa shape index (κ1) is 12.5. The van der Waals surface area contributed by atoms with E-state index in [4.69, 9.17) is 0 Å². The van der Waals surface area contributed by atoms with Gasteiger partial charge in [0, 0.05) is 10.8 Å². The maximum atomic E-state index is 10.3. The van der Waals surface area contributed by atoms with E-state index >= 15 is 0 Å². The van der Waals surface area contributed by atoms with Crippen molar-refractivity contribution in [1.82, 2.24) is 0 Å². The molecule has 1 nitrogen and oxygen atoms in total. The smallest absolute Gasteiger partial charge is 0.123 e. The molecule has 1 N–H and O–H groups in total. The van der Waals surface area contributed by atoms with Crippen molar-refractivity contribution in [3.05, 3.63) is 53.1 Å². The van der Waals surface area contributed by atoms with Crippen molar-refractivity contribution in [2.75, 3.05) is 0 Å². The van der Waals surface area contributed by atoms with E-state index in [0.29, 0.717) is 5.75 Å². The van der Waals surface area contributed by atoms with Crippen LogP contribution < -0.4 is 0 Å². The van der Waals surface area contributed by atoms with Gasteiger partial charge in [-0.15, -0.1) is 0 Å². The predicted octanol–water partition coefficient (Wildman–Crippen LogP) is 5.47. The summed E-state index contributed by atoms with van der Waals surface area (Å²) in [4.78, 5) is 0. The number of phenols is 1. The standard InChI is InChI=1S/C20H18O/c1-4-13-9-11(2)14-6-8-17-18(21)10-12(3)15-5-7-16(13)19(14)20(15)17/h5-10,21H,4H2,1-3H3. The van der Waals surface area contributed by atoms with Gasteiger partial charge in [0.15, 0.2) is 0 Å². The van der Waals surface area contributed by atoms with Crippen LogP contribution >= 0.6 is 0 Å². The number of benzene rings is 4. The summed E-state index contributed by atoms with van der Waals surface area (Å²) in [6.45, 7) is 6.45. The van der Waals surface area contributed by atoms with Crippen LogP contribution in [0.25, 0.3) is 32.3 Å². The van der Waals surface area contributed by atoms with Crippen molar-refractivity contribution in [2.24, 2.45) is 0 Å². The SMILES string of the molecule is CCc1cc(C)c2ccc3c(O)cc(C)c4ccc1c2c43. The molecule has 0 aliphatic rings. The third-order valence-electron chi connectivity index (χ3n) is 4.76. The van der Waals surface area contributed by atoms with E-state index in [1.807, 2.05) is 6.07 Å². The molecule has 4 rings (SSSR count). The Morgan fingerprint density at radius 2 is 1.29 bits per heavy atom. The molecule has 21 heavy (non-hydrogen) atoms. The van der Waals surface area contributed by atoms with Crippen LogP contribution in [0.4, 0.5) is 0 Å². The number of aryl methyl sites for hydroxylation is 3. The highest BCUT2D eigenvalue weighted by Crippen LogP contribution is 2.41. The van der Waals surface area contributed by atoms with Crippen LogP contribution in [0.15, 0.2) is 36.4 Å². The summed E-state index contributed by atoms with van der Waals surface area (Å²) < 4.78 is 0. The van der Waals surface area contributed by atoms with E-state index in [2.05, 4.69) is 51.1 Å². The lowest BCUT2D eigenvalue weighted by Gasteiger charge is -2.17. The molecular formula is C20H18O. The molecule has 0 spiro atoms. The number of phenolic OH excluding ortho intramolecular Hbond substituents is 1. The fourth-order valence-corrected chi connectivity index (χ4v) is 3.70.